The lowest BCUT2D eigenvalue weighted by molar-refractivity contribution is 0.252. The Labute approximate surface area is 70.1 Å². The molecule has 0 aromatic rings. The average Bonchev–Trinajstić information content (AvgIpc) is 1.93. The third-order valence-corrected chi connectivity index (χ3v) is 2.52. The molecule has 1 rings (SSSR count). The zero-order chi connectivity index (χ0) is 8.48. The summed E-state index contributed by atoms with van der Waals surface area (Å²) in [7, 11) is 2.15. The summed E-state index contributed by atoms with van der Waals surface area (Å²) in [4.78, 5) is 2.30. The first-order valence-electron chi connectivity index (χ1n) is 4.40. The molecule has 0 N–H and O–H groups in total. The van der Waals surface area contributed by atoms with Crippen LogP contribution in [0.15, 0.2) is 12.3 Å². The topological polar surface area (TPSA) is 3.24 Å². The first kappa shape index (κ1) is 8.63. The fraction of sp³-hybridized carbons (Fsp3) is 0.800. The van der Waals surface area contributed by atoms with Crippen molar-refractivity contribution in [3.8, 4) is 0 Å². The molecule has 11 heavy (non-hydrogen) atoms. The lowest BCUT2D eigenvalue weighted by atomic mass is 9.88. The highest BCUT2D eigenvalue weighted by molar-refractivity contribution is 4.97. The summed E-state index contributed by atoms with van der Waals surface area (Å²) >= 11 is 0. The van der Waals surface area contributed by atoms with Gasteiger partial charge in [-0.25, -0.2) is 0 Å². The van der Waals surface area contributed by atoms with Gasteiger partial charge in [0.25, 0.3) is 0 Å². The molecule has 0 amide bonds. The van der Waals surface area contributed by atoms with Crippen LogP contribution in [-0.4, -0.2) is 18.5 Å². The first-order chi connectivity index (χ1) is 5.01. The van der Waals surface area contributed by atoms with Crippen molar-refractivity contribution in [1.29, 1.82) is 0 Å². The smallest absolute Gasteiger partial charge is 0.0222 e. The summed E-state index contributed by atoms with van der Waals surface area (Å²) < 4.78 is 0. The summed E-state index contributed by atoms with van der Waals surface area (Å²) in [5.74, 6) is 0. The lowest BCUT2D eigenvalue weighted by Crippen LogP contribution is -2.27. The fourth-order valence-electron chi connectivity index (χ4n) is 1.79. The molecule has 1 aliphatic heterocycles. The molecule has 0 unspecified atom stereocenters. The van der Waals surface area contributed by atoms with Crippen LogP contribution in [0.2, 0.25) is 0 Å². The molecule has 1 saturated heterocycles. The second-order valence-electron chi connectivity index (χ2n) is 4.44. The van der Waals surface area contributed by atoms with E-state index in [1.54, 1.807) is 0 Å². The summed E-state index contributed by atoms with van der Waals surface area (Å²) in [5, 5.41) is 0. The largest absolute Gasteiger partial charge is 0.378 e. The van der Waals surface area contributed by atoms with Crippen LogP contribution >= 0.6 is 0 Å². The molecule has 0 radical (unpaired) electrons. The number of nitrogens with zero attached hydrogens (tertiary/aromatic N) is 1. The number of likely N-dealkylation sites (tertiary alicyclic amines) is 1. The van der Waals surface area contributed by atoms with Crippen LogP contribution in [0.25, 0.3) is 0 Å². The van der Waals surface area contributed by atoms with Gasteiger partial charge in [0.1, 0.15) is 0 Å². The van der Waals surface area contributed by atoms with E-state index < -0.39 is 0 Å². The van der Waals surface area contributed by atoms with Gasteiger partial charge in [0.2, 0.25) is 0 Å². The highest BCUT2D eigenvalue weighted by Crippen LogP contribution is 2.30. The fourth-order valence-corrected chi connectivity index (χ4v) is 1.79. The lowest BCUT2D eigenvalue weighted by Gasteiger charge is -2.28. The van der Waals surface area contributed by atoms with E-state index in [0.717, 1.165) is 6.54 Å². The molecular formula is C10H19N. The highest BCUT2D eigenvalue weighted by Gasteiger charge is 2.23. The van der Waals surface area contributed by atoms with Crippen molar-refractivity contribution < 1.29 is 0 Å². The Morgan fingerprint density at radius 3 is 2.73 bits per heavy atom. The van der Waals surface area contributed by atoms with Crippen molar-refractivity contribution in [2.24, 2.45) is 5.41 Å². The van der Waals surface area contributed by atoms with Gasteiger partial charge in [0.15, 0.2) is 0 Å². The van der Waals surface area contributed by atoms with E-state index in [-0.39, 0.29) is 0 Å². The molecule has 1 fully saturated rings. The van der Waals surface area contributed by atoms with Crippen LogP contribution in [0.5, 0.6) is 0 Å². The molecule has 1 heteroatoms. The Balaban J connectivity index is 2.63. The maximum absolute atomic E-state index is 4.05. The van der Waals surface area contributed by atoms with E-state index in [2.05, 4.69) is 32.4 Å². The maximum atomic E-state index is 4.05. The van der Waals surface area contributed by atoms with Gasteiger partial charge in [0.05, 0.1) is 0 Å². The van der Waals surface area contributed by atoms with Gasteiger partial charge in [-0.1, -0.05) is 20.4 Å². The quantitative estimate of drug-likeness (QED) is 0.517. The Morgan fingerprint density at radius 1 is 1.45 bits per heavy atom. The third-order valence-electron chi connectivity index (χ3n) is 2.52. The van der Waals surface area contributed by atoms with Gasteiger partial charge in [-0.2, -0.15) is 0 Å². The molecule has 0 bridgehead atoms. The van der Waals surface area contributed by atoms with Crippen molar-refractivity contribution in [3.63, 3.8) is 0 Å². The summed E-state index contributed by atoms with van der Waals surface area (Å²) in [5.41, 5.74) is 1.78. The summed E-state index contributed by atoms with van der Waals surface area (Å²) in [6, 6.07) is 0. The molecule has 1 aliphatic rings. The van der Waals surface area contributed by atoms with Gasteiger partial charge < -0.3 is 4.90 Å². The van der Waals surface area contributed by atoms with Crippen molar-refractivity contribution in [2.75, 3.05) is 13.6 Å². The molecule has 0 saturated carbocycles. The van der Waals surface area contributed by atoms with E-state index in [1.807, 2.05) is 0 Å². The summed E-state index contributed by atoms with van der Waals surface area (Å²) in [6.07, 6.45) is 3.81. The second-order valence-corrected chi connectivity index (χ2v) is 4.44. The number of rotatable bonds is 0. The van der Waals surface area contributed by atoms with Crippen molar-refractivity contribution in [3.05, 3.63) is 12.3 Å². The Kier molecular flexibility index (Phi) is 2.26. The standard InChI is InChI=1S/C10H19N/c1-9-6-5-7-10(2,3)8-11(9)4/h1,5-8H2,2-4H3. The van der Waals surface area contributed by atoms with Crippen LogP contribution in [-0.2, 0) is 0 Å². The molecule has 1 nitrogen and oxygen atoms in total. The monoisotopic (exact) mass is 153 g/mol. The zero-order valence-electron chi connectivity index (χ0n) is 7.98. The minimum Gasteiger partial charge on any atom is -0.378 e. The third kappa shape index (κ3) is 2.25. The van der Waals surface area contributed by atoms with Crippen molar-refractivity contribution >= 4 is 0 Å². The van der Waals surface area contributed by atoms with Gasteiger partial charge in [-0.15, -0.1) is 0 Å². The molecular weight excluding hydrogens is 134 g/mol. The Bertz CT molecular complexity index is 158. The molecule has 64 valence electrons. The van der Waals surface area contributed by atoms with E-state index in [4.69, 9.17) is 0 Å². The molecule has 1 heterocycles. The number of hydrogen-bond acceptors (Lipinski definition) is 1. The molecule has 0 atom stereocenters. The van der Waals surface area contributed by atoms with Gasteiger partial charge in [0, 0.05) is 19.3 Å². The second kappa shape index (κ2) is 2.88. The first-order valence-corrected chi connectivity index (χ1v) is 4.40. The minimum absolute atomic E-state index is 0.480. The normalized spacial score (nSPS) is 25.0. The highest BCUT2D eigenvalue weighted by atomic mass is 15.1. The van der Waals surface area contributed by atoms with Crippen LogP contribution in [0, 0.1) is 5.41 Å². The molecule has 0 aliphatic carbocycles. The van der Waals surface area contributed by atoms with Crippen molar-refractivity contribution in [1.82, 2.24) is 4.90 Å². The summed E-state index contributed by atoms with van der Waals surface area (Å²) in [6.45, 7) is 9.88. The molecule has 0 spiro atoms. The van der Waals surface area contributed by atoms with E-state index >= 15 is 0 Å². The van der Waals surface area contributed by atoms with Crippen LogP contribution in [0.1, 0.15) is 33.1 Å². The van der Waals surface area contributed by atoms with Gasteiger partial charge >= 0.3 is 0 Å². The van der Waals surface area contributed by atoms with Crippen LogP contribution in [0.4, 0.5) is 0 Å². The van der Waals surface area contributed by atoms with E-state index in [9.17, 15) is 0 Å². The van der Waals surface area contributed by atoms with E-state index in [0.29, 0.717) is 5.41 Å². The number of allylic oxidation sites excluding steroid dienone is 1. The van der Waals surface area contributed by atoms with Crippen molar-refractivity contribution in [2.45, 2.75) is 33.1 Å². The predicted octanol–water partition coefficient (Wildman–Crippen LogP) is 2.64. The molecule has 0 aromatic carbocycles. The molecule has 0 aromatic heterocycles. The van der Waals surface area contributed by atoms with Crippen LogP contribution in [0.3, 0.4) is 0 Å². The van der Waals surface area contributed by atoms with Gasteiger partial charge in [-0.05, 0) is 24.7 Å². The number of hydrogen-bond donors (Lipinski definition) is 0. The Hall–Kier alpha value is -0.460. The van der Waals surface area contributed by atoms with Crippen LogP contribution < -0.4 is 0 Å². The Morgan fingerprint density at radius 2 is 2.09 bits per heavy atom. The predicted molar refractivity (Wildman–Crippen MR) is 49.4 cm³/mol. The van der Waals surface area contributed by atoms with Gasteiger partial charge in [-0.3, -0.25) is 0 Å². The zero-order valence-corrected chi connectivity index (χ0v) is 7.98. The maximum Gasteiger partial charge on any atom is 0.0222 e. The minimum atomic E-state index is 0.480. The van der Waals surface area contributed by atoms with E-state index in [1.165, 1.54) is 25.0 Å². The SMILES string of the molecule is C=C1CCCC(C)(C)CN1C. The average molecular weight is 153 g/mol.